The van der Waals surface area contributed by atoms with Crippen molar-refractivity contribution in [1.82, 2.24) is 0 Å². The van der Waals surface area contributed by atoms with E-state index in [0.717, 1.165) is 12.1 Å². The lowest BCUT2D eigenvalue weighted by Crippen LogP contribution is -2.13. The number of benzene rings is 2. The molecule has 0 unspecified atom stereocenters. The number of alkyl halides is 3. The Hall–Kier alpha value is -3.86. The summed E-state index contributed by atoms with van der Waals surface area (Å²) in [7, 11) is 0. The van der Waals surface area contributed by atoms with E-state index in [1.807, 2.05) is 0 Å². The fourth-order valence-electron chi connectivity index (χ4n) is 2.65. The van der Waals surface area contributed by atoms with Crippen molar-refractivity contribution in [3.05, 3.63) is 82.9 Å². The number of halogens is 4. The summed E-state index contributed by atoms with van der Waals surface area (Å²) >= 11 is 0. The molecule has 0 saturated carbocycles. The molecule has 0 spiro atoms. The van der Waals surface area contributed by atoms with Crippen LogP contribution in [0, 0.1) is 24.1 Å². The molecule has 0 bridgehead atoms. The minimum Gasteiger partial charge on any atom is -0.457 e. The summed E-state index contributed by atoms with van der Waals surface area (Å²) < 4.78 is 57.5. The number of aryl methyl sites for hydroxylation is 1. The molecule has 1 aromatic heterocycles. The second-order valence-corrected chi connectivity index (χ2v) is 6.37. The highest BCUT2D eigenvalue weighted by Gasteiger charge is 2.30. The largest absolute Gasteiger partial charge is 0.457 e. The summed E-state index contributed by atoms with van der Waals surface area (Å²) in [5, 5.41) is 11.8. The average Bonchev–Trinajstić information content (AvgIpc) is 3.17. The van der Waals surface area contributed by atoms with E-state index >= 15 is 0 Å². The molecule has 4 nitrogen and oxygen atoms in total. The lowest BCUT2D eigenvalue weighted by atomic mass is 10.1. The lowest BCUT2D eigenvalue weighted by Gasteiger charge is -2.07. The SMILES string of the molecule is Cc1cc(NC(=O)/C(C#N)=C/c2ccc(-c3cccc(C(F)(F)F)c3)o2)ccc1F. The first-order valence-electron chi connectivity index (χ1n) is 8.64. The van der Waals surface area contributed by atoms with Gasteiger partial charge in [-0.25, -0.2) is 4.39 Å². The Balaban J connectivity index is 1.82. The van der Waals surface area contributed by atoms with E-state index < -0.39 is 23.5 Å². The maximum absolute atomic E-state index is 13.3. The quantitative estimate of drug-likeness (QED) is 0.326. The van der Waals surface area contributed by atoms with Gasteiger partial charge in [-0.3, -0.25) is 4.79 Å². The number of hydrogen-bond donors (Lipinski definition) is 1. The van der Waals surface area contributed by atoms with Crippen LogP contribution in [-0.2, 0) is 11.0 Å². The molecule has 1 N–H and O–H groups in total. The van der Waals surface area contributed by atoms with Gasteiger partial charge in [-0.2, -0.15) is 18.4 Å². The van der Waals surface area contributed by atoms with E-state index in [1.54, 1.807) is 6.07 Å². The topological polar surface area (TPSA) is 66.0 Å². The van der Waals surface area contributed by atoms with Crippen molar-refractivity contribution in [1.29, 1.82) is 5.26 Å². The molecular formula is C22H14F4N2O2. The van der Waals surface area contributed by atoms with Crippen molar-refractivity contribution < 1.29 is 26.8 Å². The molecule has 0 saturated heterocycles. The summed E-state index contributed by atoms with van der Waals surface area (Å²) in [4.78, 5) is 12.3. The van der Waals surface area contributed by atoms with Gasteiger partial charge in [0.05, 0.1) is 5.56 Å². The van der Waals surface area contributed by atoms with Gasteiger partial charge >= 0.3 is 6.18 Å². The number of carbonyl (C=O) groups excluding carboxylic acids is 1. The summed E-state index contributed by atoms with van der Waals surface area (Å²) in [5.41, 5.74) is -0.271. The monoisotopic (exact) mass is 414 g/mol. The first-order valence-corrected chi connectivity index (χ1v) is 8.64. The van der Waals surface area contributed by atoms with Crippen molar-refractivity contribution in [2.45, 2.75) is 13.1 Å². The molecule has 3 rings (SSSR count). The second kappa shape index (κ2) is 8.25. The Kier molecular flexibility index (Phi) is 5.74. The maximum Gasteiger partial charge on any atom is 0.416 e. The van der Waals surface area contributed by atoms with Crippen LogP contribution in [0.1, 0.15) is 16.9 Å². The Morgan fingerprint density at radius 3 is 2.57 bits per heavy atom. The van der Waals surface area contributed by atoms with E-state index in [4.69, 9.17) is 4.42 Å². The van der Waals surface area contributed by atoms with Crippen molar-refractivity contribution >= 4 is 17.7 Å². The standard InChI is InChI=1S/C22H14F4N2O2/c1-13-9-17(5-7-19(13)23)28-21(29)15(12-27)11-18-6-8-20(30-18)14-3-2-4-16(10-14)22(24,25)26/h2-11H,1H3,(H,28,29)/b15-11+. The Morgan fingerprint density at radius 2 is 1.90 bits per heavy atom. The number of furan rings is 1. The number of nitrogens with zero attached hydrogens (tertiary/aromatic N) is 1. The van der Waals surface area contributed by atoms with Crippen LogP contribution in [0.25, 0.3) is 17.4 Å². The van der Waals surface area contributed by atoms with Crippen LogP contribution < -0.4 is 5.32 Å². The Morgan fingerprint density at radius 1 is 1.13 bits per heavy atom. The molecule has 30 heavy (non-hydrogen) atoms. The van der Waals surface area contributed by atoms with E-state index in [9.17, 15) is 27.6 Å². The fourth-order valence-corrected chi connectivity index (χ4v) is 2.65. The maximum atomic E-state index is 13.3. The minimum absolute atomic E-state index is 0.115. The zero-order valence-electron chi connectivity index (χ0n) is 15.5. The minimum atomic E-state index is -4.49. The third-order valence-corrected chi connectivity index (χ3v) is 4.17. The molecule has 0 aliphatic carbocycles. The number of carbonyl (C=O) groups is 1. The Bertz CT molecular complexity index is 1170. The van der Waals surface area contributed by atoms with Crippen LogP contribution in [0.4, 0.5) is 23.2 Å². The number of amides is 1. The van der Waals surface area contributed by atoms with Gasteiger partial charge in [0.15, 0.2) is 0 Å². The van der Waals surface area contributed by atoms with Gasteiger partial charge in [-0.1, -0.05) is 12.1 Å². The van der Waals surface area contributed by atoms with Crippen molar-refractivity contribution in [3.8, 4) is 17.4 Å². The van der Waals surface area contributed by atoms with Crippen molar-refractivity contribution in [2.75, 3.05) is 5.32 Å². The summed E-state index contributed by atoms with van der Waals surface area (Å²) in [6.45, 7) is 1.53. The van der Waals surface area contributed by atoms with E-state index in [-0.39, 0.29) is 22.7 Å². The predicted octanol–water partition coefficient (Wildman–Crippen LogP) is 5.96. The third-order valence-electron chi connectivity index (χ3n) is 4.17. The molecular weight excluding hydrogens is 400 g/mol. The lowest BCUT2D eigenvalue weighted by molar-refractivity contribution is -0.137. The first kappa shape index (κ1) is 20.9. The van der Waals surface area contributed by atoms with Crippen LogP contribution in [-0.4, -0.2) is 5.91 Å². The molecule has 8 heteroatoms. The number of rotatable bonds is 4. The summed E-state index contributed by atoms with van der Waals surface area (Å²) in [5.74, 6) is -0.897. The molecule has 2 aromatic carbocycles. The fraction of sp³-hybridized carbons (Fsp3) is 0.0909. The smallest absolute Gasteiger partial charge is 0.416 e. The summed E-state index contributed by atoms with van der Waals surface area (Å²) in [6, 6.07) is 13.2. The molecule has 0 aliphatic heterocycles. The highest BCUT2D eigenvalue weighted by atomic mass is 19.4. The number of nitrogens with one attached hydrogen (secondary N) is 1. The van der Waals surface area contributed by atoms with Gasteiger partial charge in [0.1, 0.15) is 29.0 Å². The zero-order chi connectivity index (χ0) is 21.9. The zero-order valence-corrected chi connectivity index (χ0v) is 15.5. The molecule has 0 aliphatic rings. The average molecular weight is 414 g/mol. The molecule has 0 radical (unpaired) electrons. The molecule has 1 amide bonds. The Labute approximate surface area is 169 Å². The highest BCUT2D eigenvalue weighted by Crippen LogP contribution is 2.32. The van der Waals surface area contributed by atoms with Gasteiger partial charge in [-0.15, -0.1) is 0 Å². The molecule has 0 fully saturated rings. The van der Waals surface area contributed by atoms with Crippen LogP contribution in [0.2, 0.25) is 0 Å². The number of anilines is 1. The first-order chi connectivity index (χ1) is 14.2. The van der Waals surface area contributed by atoms with Crippen LogP contribution >= 0.6 is 0 Å². The van der Waals surface area contributed by atoms with Crippen molar-refractivity contribution in [3.63, 3.8) is 0 Å². The van der Waals surface area contributed by atoms with Gasteiger partial charge in [0.2, 0.25) is 0 Å². The molecule has 1 heterocycles. The van der Waals surface area contributed by atoms with Gasteiger partial charge in [0.25, 0.3) is 5.91 Å². The molecule has 3 aromatic rings. The normalized spacial score (nSPS) is 11.8. The van der Waals surface area contributed by atoms with Gasteiger partial charge in [-0.05, 0) is 55.0 Å². The highest BCUT2D eigenvalue weighted by molar-refractivity contribution is 6.09. The van der Waals surface area contributed by atoms with E-state index in [2.05, 4.69) is 5.32 Å². The van der Waals surface area contributed by atoms with Gasteiger partial charge in [0, 0.05) is 17.3 Å². The number of hydrogen-bond acceptors (Lipinski definition) is 3. The van der Waals surface area contributed by atoms with Crippen LogP contribution in [0.3, 0.4) is 0 Å². The van der Waals surface area contributed by atoms with E-state index in [0.29, 0.717) is 11.3 Å². The summed E-state index contributed by atoms with van der Waals surface area (Å²) in [6.07, 6.45) is -3.32. The predicted molar refractivity (Wildman–Crippen MR) is 103 cm³/mol. The second-order valence-electron chi connectivity index (χ2n) is 6.37. The van der Waals surface area contributed by atoms with Crippen LogP contribution in [0.5, 0.6) is 0 Å². The molecule has 0 atom stereocenters. The molecule has 152 valence electrons. The number of nitriles is 1. The van der Waals surface area contributed by atoms with Crippen molar-refractivity contribution in [2.24, 2.45) is 0 Å². The van der Waals surface area contributed by atoms with E-state index in [1.165, 1.54) is 55.5 Å². The third kappa shape index (κ3) is 4.75. The van der Waals surface area contributed by atoms with Gasteiger partial charge < -0.3 is 9.73 Å². The van der Waals surface area contributed by atoms with Crippen LogP contribution in [0.15, 0.2) is 64.6 Å².